The van der Waals surface area contributed by atoms with Crippen molar-refractivity contribution in [1.82, 2.24) is 4.90 Å². The first-order valence-corrected chi connectivity index (χ1v) is 7.82. The largest absolute Gasteiger partial charge is 0.283 e. The minimum absolute atomic E-state index is 0.550. The second kappa shape index (κ2) is 5.73. The molecule has 1 saturated carbocycles. The van der Waals surface area contributed by atoms with E-state index in [1.54, 1.807) is 11.3 Å². The van der Waals surface area contributed by atoms with Gasteiger partial charge in [-0.1, -0.05) is 31.0 Å². The van der Waals surface area contributed by atoms with E-state index in [0.717, 1.165) is 6.54 Å². The Kier molecular flexibility index (Phi) is 3.82. The summed E-state index contributed by atoms with van der Waals surface area (Å²) in [5, 5.41) is 12.7. The van der Waals surface area contributed by atoms with Gasteiger partial charge in [-0.2, -0.15) is 5.26 Å². The van der Waals surface area contributed by atoms with E-state index in [1.165, 1.54) is 41.3 Å². The van der Waals surface area contributed by atoms with Crippen LogP contribution in [0, 0.1) is 11.3 Å². The Balaban J connectivity index is 1.83. The number of benzene rings is 1. The van der Waals surface area contributed by atoms with Crippen LogP contribution < -0.4 is 0 Å². The van der Waals surface area contributed by atoms with Crippen LogP contribution in [0.1, 0.15) is 31.2 Å². The topological polar surface area (TPSA) is 27.0 Å². The fraction of sp³-hybridized carbons (Fsp3) is 0.438. The smallest absolute Gasteiger partial charge is 0.0871 e. The monoisotopic (exact) mass is 270 g/mol. The van der Waals surface area contributed by atoms with Crippen molar-refractivity contribution >= 4 is 21.4 Å². The van der Waals surface area contributed by atoms with Gasteiger partial charge in [-0.25, -0.2) is 0 Å². The first-order chi connectivity index (χ1) is 9.38. The molecule has 0 bridgehead atoms. The first-order valence-electron chi connectivity index (χ1n) is 6.94. The predicted molar refractivity (Wildman–Crippen MR) is 80.1 cm³/mol. The predicted octanol–water partition coefficient (Wildman–Crippen LogP) is 4.17. The van der Waals surface area contributed by atoms with Gasteiger partial charge in [-0.05, 0) is 35.2 Å². The number of nitriles is 1. The van der Waals surface area contributed by atoms with Crippen LogP contribution in [-0.2, 0) is 6.54 Å². The van der Waals surface area contributed by atoms with Crippen molar-refractivity contribution in [2.24, 2.45) is 0 Å². The number of thiophene rings is 1. The Bertz CT molecular complexity index is 590. The number of hydrogen-bond donors (Lipinski definition) is 0. The maximum atomic E-state index is 9.05. The number of nitrogens with zero attached hydrogens (tertiary/aromatic N) is 2. The molecule has 0 N–H and O–H groups in total. The molecule has 1 fully saturated rings. The van der Waals surface area contributed by atoms with E-state index in [2.05, 4.69) is 40.6 Å². The molecule has 2 aromatic rings. The summed E-state index contributed by atoms with van der Waals surface area (Å²) in [5.74, 6) is 0. The summed E-state index contributed by atoms with van der Waals surface area (Å²) in [7, 11) is 0. The third-order valence-corrected chi connectivity index (χ3v) is 5.06. The number of hydrogen-bond acceptors (Lipinski definition) is 3. The molecule has 0 spiro atoms. The molecule has 1 aliphatic carbocycles. The second-order valence-corrected chi connectivity index (χ2v) is 6.17. The van der Waals surface area contributed by atoms with Crippen LogP contribution in [-0.4, -0.2) is 17.5 Å². The van der Waals surface area contributed by atoms with Gasteiger partial charge in [-0.3, -0.25) is 4.90 Å². The lowest BCUT2D eigenvalue weighted by Gasteiger charge is -2.25. The molecule has 19 heavy (non-hydrogen) atoms. The first kappa shape index (κ1) is 12.7. The Hall–Kier alpha value is -1.37. The van der Waals surface area contributed by atoms with Crippen LogP contribution in [0.2, 0.25) is 0 Å². The molecule has 0 atom stereocenters. The van der Waals surface area contributed by atoms with Crippen molar-refractivity contribution in [3.8, 4) is 6.07 Å². The van der Waals surface area contributed by atoms with Crippen molar-refractivity contribution in [1.29, 1.82) is 5.26 Å². The van der Waals surface area contributed by atoms with Crippen molar-refractivity contribution in [3.63, 3.8) is 0 Å². The summed E-state index contributed by atoms with van der Waals surface area (Å²) < 4.78 is 1.35. The van der Waals surface area contributed by atoms with Crippen molar-refractivity contribution in [2.75, 3.05) is 6.54 Å². The van der Waals surface area contributed by atoms with Gasteiger partial charge < -0.3 is 0 Å². The fourth-order valence-electron chi connectivity index (χ4n) is 3.05. The molecule has 0 aliphatic heterocycles. The molecule has 1 aliphatic rings. The van der Waals surface area contributed by atoms with Crippen LogP contribution in [0.5, 0.6) is 0 Å². The SMILES string of the molecule is N#CCN(Cc1csc2ccccc12)C1CCCC1. The van der Waals surface area contributed by atoms with Gasteiger partial charge in [-0.15, -0.1) is 11.3 Å². The van der Waals surface area contributed by atoms with Crippen molar-refractivity contribution in [2.45, 2.75) is 38.3 Å². The normalized spacial score (nSPS) is 16.2. The highest BCUT2D eigenvalue weighted by atomic mass is 32.1. The van der Waals surface area contributed by atoms with E-state index in [1.807, 2.05) is 0 Å². The number of rotatable bonds is 4. The highest BCUT2D eigenvalue weighted by Gasteiger charge is 2.23. The third-order valence-electron chi connectivity index (χ3n) is 4.05. The standard InChI is InChI=1S/C16H18N2S/c17-9-10-18(14-5-1-2-6-14)11-13-12-19-16-8-4-3-7-15(13)16/h3-4,7-8,12,14H,1-2,5-6,10-11H2. The highest BCUT2D eigenvalue weighted by Crippen LogP contribution is 2.29. The summed E-state index contributed by atoms with van der Waals surface area (Å²) in [6.45, 7) is 1.47. The maximum absolute atomic E-state index is 9.05. The maximum Gasteiger partial charge on any atom is 0.0871 e. The van der Waals surface area contributed by atoms with Crippen LogP contribution in [0.4, 0.5) is 0 Å². The van der Waals surface area contributed by atoms with Crippen LogP contribution in [0.25, 0.3) is 10.1 Å². The van der Waals surface area contributed by atoms with Gasteiger partial charge in [0.25, 0.3) is 0 Å². The van der Waals surface area contributed by atoms with E-state index < -0.39 is 0 Å². The lowest BCUT2D eigenvalue weighted by molar-refractivity contribution is 0.215. The van der Waals surface area contributed by atoms with Crippen LogP contribution >= 0.6 is 11.3 Å². The lowest BCUT2D eigenvalue weighted by atomic mass is 10.1. The summed E-state index contributed by atoms with van der Waals surface area (Å²) in [5.41, 5.74) is 1.38. The molecule has 0 saturated heterocycles. The molecule has 1 aromatic heterocycles. The minimum atomic E-state index is 0.550. The highest BCUT2D eigenvalue weighted by molar-refractivity contribution is 7.17. The zero-order valence-electron chi connectivity index (χ0n) is 11.0. The molecule has 0 unspecified atom stereocenters. The van der Waals surface area contributed by atoms with Gasteiger partial charge >= 0.3 is 0 Å². The van der Waals surface area contributed by atoms with E-state index >= 15 is 0 Å². The second-order valence-electron chi connectivity index (χ2n) is 5.26. The van der Waals surface area contributed by atoms with Crippen molar-refractivity contribution < 1.29 is 0 Å². The lowest BCUT2D eigenvalue weighted by Crippen LogP contribution is -2.32. The summed E-state index contributed by atoms with van der Waals surface area (Å²) in [6.07, 6.45) is 5.14. The molecule has 0 amide bonds. The van der Waals surface area contributed by atoms with Gasteiger partial charge in [0.2, 0.25) is 0 Å². The zero-order valence-corrected chi connectivity index (χ0v) is 11.8. The average Bonchev–Trinajstić information content (AvgIpc) is 3.08. The minimum Gasteiger partial charge on any atom is -0.283 e. The van der Waals surface area contributed by atoms with Gasteiger partial charge in [0.1, 0.15) is 0 Å². The molecule has 2 nitrogen and oxygen atoms in total. The van der Waals surface area contributed by atoms with Crippen LogP contribution in [0.15, 0.2) is 29.6 Å². The quantitative estimate of drug-likeness (QED) is 0.780. The van der Waals surface area contributed by atoms with E-state index in [4.69, 9.17) is 5.26 Å². The van der Waals surface area contributed by atoms with Crippen molar-refractivity contribution in [3.05, 3.63) is 35.2 Å². The molecule has 1 heterocycles. The van der Waals surface area contributed by atoms with Gasteiger partial charge in [0, 0.05) is 17.3 Å². The number of fused-ring (bicyclic) bond motifs is 1. The Morgan fingerprint density at radius 1 is 1.26 bits per heavy atom. The molecule has 0 radical (unpaired) electrons. The summed E-state index contributed by atoms with van der Waals surface area (Å²) in [4.78, 5) is 2.36. The fourth-order valence-corrected chi connectivity index (χ4v) is 4.00. The average molecular weight is 270 g/mol. The summed E-state index contributed by atoms with van der Waals surface area (Å²) in [6, 6.07) is 11.5. The Morgan fingerprint density at radius 2 is 2.05 bits per heavy atom. The van der Waals surface area contributed by atoms with Crippen LogP contribution in [0.3, 0.4) is 0 Å². The van der Waals surface area contributed by atoms with E-state index in [9.17, 15) is 0 Å². The summed E-state index contributed by atoms with van der Waals surface area (Å²) >= 11 is 1.81. The van der Waals surface area contributed by atoms with Gasteiger partial charge in [0.15, 0.2) is 0 Å². The Labute approximate surface area is 118 Å². The van der Waals surface area contributed by atoms with E-state index in [0.29, 0.717) is 12.6 Å². The zero-order chi connectivity index (χ0) is 13.1. The van der Waals surface area contributed by atoms with E-state index in [-0.39, 0.29) is 0 Å². The van der Waals surface area contributed by atoms with Gasteiger partial charge in [0.05, 0.1) is 12.6 Å². The third kappa shape index (κ3) is 2.65. The molecule has 3 heteroatoms. The molecular weight excluding hydrogens is 252 g/mol. The molecular formula is C16H18N2S. The molecule has 1 aromatic carbocycles. The Morgan fingerprint density at radius 3 is 2.84 bits per heavy atom. The molecule has 98 valence electrons. The molecule has 3 rings (SSSR count).